The highest BCUT2D eigenvalue weighted by molar-refractivity contribution is 7.91. The molecule has 3 atom stereocenters. The molecular formula is C13H24N2O4S. The van der Waals surface area contributed by atoms with Crippen LogP contribution in [0.4, 0.5) is 0 Å². The van der Waals surface area contributed by atoms with Crippen LogP contribution in [0.1, 0.15) is 32.6 Å². The van der Waals surface area contributed by atoms with Crippen molar-refractivity contribution in [3.63, 3.8) is 0 Å². The van der Waals surface area contributed by atoms with Gasteiger partial charge in [-0.1, -0.05) is 0 Å². The monoisotopic (exact) mass is 304 g/mol. The average molecular weight is 304 g/mol. The Morgan fingerprint density at radius 1 is 1.45 bits per heavy atom. The van der Waals surface area contributed by atoms with Gasteiger partial charge in [-0.25, -0.2) is 8.42 Å². The highest BCUT2D eigenvalue weighted by Crippen LogP contribution is 2.32. The zero-order valence-electron chi connectivity index (χ0n) is 12.2. The topological polar surface area (TPSA) is 89.7 Å². The Hall–Kier alpha value is -0.660. The number of nitrogens with zero attached hydrogens (tertiary/aromatic N) is 1. The van der Waals surface area contributed by atoms with Gasteiger partial charge in [-0.15, -0.1) is 0 Å². The van der Waals surface area contributed by atoms with Gasteiger partial charge in [0.25, 0.3) is 0 Å². The van der Waals surface area contributed by atoms with E-state index in [1.807, 2.05) is 6.92 Å². The second-order valence-electron chi connectivity index (χ2n) is 6.10. The van der Waals surface area contributed by atoms with Crippen LogP contribution in [0, 0.1) is 0 Å². The molecule has 1 heterocycles. The van der Waals surface area contributed by atoms with Crippen LogP contribution in [0.2, 0.25) is 0 Å². The lowest BCUT2D eigenvalue weighted by atomic mass is 9.79. The van der Waals surface area contributed by atoms with Gasteiger partial charge in [0.05, 0.1) is 18.6 Å². The van der Waals surface area contributed by atoms with Crippen molar-refractivity contribution >= 4 is 15.8 Å². The molecule has 1 aliphatic heterocycles. The van der Waals surface area contributed by atoms with Gasteiger partial charge in [0.1, 0.15) is 5.54 Å². The first-order valence-electron chi connectivity index (χ1n) is 7.11. The van der Waals surface area contributed by atoms with Crippen molar-refractivity contribution in [3.8, 4) is 0 Å². The second kappa shape index (κ2) is 5.61. The molecule has 0 aromatic heterocycles. The molecule has 1 aliphatic carbocycles. The van der Waals surface area contributed by atoms with Crippen LogP contribution in [-0.4, -0.2) is 62.1 Å². The van der Waals surface area contributed by atoms with Crippen LogP contribution in [0.3, 0.4) is 0 Å². The van der Waals surface area contributed by atoms with Gasteiger partial charge in [0.15, 0.2) is 9.84 Å². The predicted octanol–water partition coefficient (Wildman–Crippen LogP) is -0.0816. The first-order chi connectivity index (χ1) is 9.27. The summed E-state index contributed by atoms with van der Waals surface area (Å²) in [5.74, 6) is 0.0302. The van der Waals surface area contributed by atoms with Crippen molar-refractivity contribution in [3.05, 3.63) is 0 Å². The fourth-order valence-electron chi connectivity index (χ4n) is 3.50. The van der Waals surface area contributed by atoms with Crippen LogP contribution in [0.25, 0.3) is 0 Å². The third kappa shape index (κ3) is 3.15. The maximum atomic E-state index is 11.8. The van der Waals surface area contributed by atoms with Crippen molar-refractivity contribution in [2.24, 2.45) is 5.73 Å². The summed E-state index contributed by atoms with van der Waals surface area (Å²) >= 11 is 0. The number of nitrogens with two attached hydrogens (primary N) is 1. The lowest BCUT2D eigenvalue weighted by molar-refractivity contribution is -0.149. The number of esters is 1. The molecule has 2 aliphatic rings. The number of methoxy groups -OCH3 is 1. The molecule has 3 unspecified atom stereocenters. The third-order valence-electron chi connectivity index (χ3n) is 4.54. The van der Waals surface area contributed by atoms with Crippen molar-refractivity contribution in [2.75, 3.05) is 25.2 Å². The first kappa shape index (κ1) is 15.7. The summed E-state index contributed by atoms with van der Waals surface area (Å²) in [5, 5.41) is 0. The van der Waals surface area contributed by atoms with Gasteiger partial charge >= 0.3 is 5.97 Å². The Labute approximate surface area is 120 Å². The Morgan fingerprint density at radius 2 is 2.15 bits per heavy atom. The summed E-state index contributed by atoms with van der Waals surface area (Å²) in [7, 11) is -1.56. The third-order valence-corrected chi connectivity index (χ3v) is 6.34. The summed E-state index contributed by atoms with van der Waals surface area (Å²) in [6.45, 7) is 2.47. The summed E-state index contributed by atoms with van der Waals surface area (Å²) < 4.78 is 28.1. The fourth-order valence-corrected chi connectivity index (χ4v) is 5.09. The smallest absolute Gasteiger partial charge is 0.325 e. The van der Waals surface area contributed by atoms with E-state index in [1.165, 1.54) is 7.11 Å². The zero-order valence-corrected chi connectivity index (χ0v) is 13.0. The minimum atomic E-state index is -2.92. The molecule has 7 heteroatoms. The van der Waals surface area contributed by atoms with Crippen LogP contribution in [0.15, 0.2) is 0 Å². The van der Waals surface area contributed by atoms with Gasteiger partial charge in [-0.05, 0) is 32.6 Å². The van der Waals surface area contributed by atoms with Gasteiger partial charge in [-0.3, -0.25) is 9.69 Å². The summed E-state index contributed by atoms with van der Waals surface area (Å²) in [6.07, 6.45) is 3.01. The molecule has 2 rings (SSSR count). The molecule has 0 aromatic carbocycles. The summed E-state index contributed by atoms with van der Waals surface area (Å²) in [5.41, 5.74) is 5.27. The number of carbonyl (C=O) groups is 1. The van der Waals surface area contributed by atoms with E-state index in [4.69, 9.17) is 10.5 Å². The number of sulfone groups is 1. The molecule has 1 saturated heterocycles. The van der Waals surface area contributed by atoms with Crippen LogP contribution in [0.5, 0.6) is 0 Å². The van der Waals surface area contributed by atoms with E-state index < -0.39 is 15.4 Å². The Kier molecular flexibility index (Phi) is 4.41. The molecule has 0 bridgehead atoms. The van der Waals surface area contributed by atoms with Crippen LogP contribution < -0.4 is 5.73 Å². The number of hydrogen-bond donors (Lipinski definition) is 1. The quantitative estimate of drug-likeness (QED) is 0.718. The van der Waals surface area contributed by atoms with E-state index in [0.717, 1.165) is 12.8 Å². The second-order valence-corrected chi connectivity index (χ2v) is 8.33. The van der Waals surface area contributed by atoms with E-state index in [2.05, 4.69) is 4.90 Å². The van der Waals surface area contributed by atoms with Gasteiger partial charge in [0.2, 0.25) is 0 Å². The Morgan fingerprint density at radius 3 is 2.75 bits per heavy atom. The van der Waals surface area contributed by atoms with Gasteiger partial charge in [-0.2, -0.15) is 0 Å². The molecule has 116 valence electrons. The van der Waals surface area contributed by atoms with Crippen LogP contribution in [-0.2, 0) is 19.4 Å². The largest absolute Gasteiger partial charge is 0.468 e. The molecule has 6 nitrogen and oxygen atoms in total. The molecule has 0 spiro atoms. The van der Waals surface area contributed by atoms with Gasteiger partial charge < -0.3 is 10.5 Å². The Bertz CT molecular complexity index is 479. The van der Waals surface area contributed by atoms with E-state index in [0.29, 0.717) is 19.4 Å². The van der Waals surface area contributed by atoms with Crippen molar-refractivity contribution in [1.29, 1.82) is 0 Å². The zero-order chi connectivity index (χ0) is 15.0. The van der Waals surface area contributed by atoms with Crippen molar-refractivity contribution < 1.29 is 17.9 Å². The predicted molar refractivity (Wildman–Crippen MR) is 76.0 cm³/mol. The number of carbonyl (C=O) groups excluding carboxylic acids is 1. The molecule has 20 heavy (non-hydrogen) atoms. The van der Waals surface area contributed by atoms with E-state index >= 15 is 0 Å². The van der Waals surface area contributed by atoms with E-state index in [-0.39, 0.29) is 29.6 Å². The van der Waals surface area contributed by atoms with E-state index in [9.17, 15) is 13.2 Å². The molecule has 2 fully saturated rings. The molecule has 0 aromatic rings. The maximum absolute atomic E-state index is 11.8. The maximum Gasteiger partial charge on any atom is 0.325 e. The Balaban J connectivity index is 2.08. The lowest BCUT2D eigenvalue weighted by Gasteiger charge is -2.45. The number of hydrogen-bond acceptors (Lipinski definition) is 6. The van der Waals surface area contributed by atoms with Crippen LogP contribution >= 0.6 is 0 Å². The molecule has 0 radical (unpaired) electrons. The normalized spacial score (nSPS) is 38.4. The highest BCUT2D eigenvalue weighted by Gasteiger charge is 2.44. The van der Waals surface area contributed by atoms with Crippen molar-refractivity contribution in [1.82, 2.24) is 4.90 Å². The minimum Gasteiger partial charge on any atom is -0.468 e. The van der Waals surface area contributed by atoms with Gasteiger partial charge in [0, 0.05) is 18.6 Å². The average Bonchev–Trinajstić information content (AvgIpc) is 2.36. The summed E-state index contributed by atoms with van der Waals surface area (Å²) in [6, 6.07) is 0.150. The fraction of sp³-hybridized carbons (Fsp3) is 0.923. The highest BCUT2D eigenvalue weighted by atomic mass is 32.2. The molecule has 1 saturated carbocycles. The number of ether oxygens (including phenoxy) is 1. The van der Waals surface area contributed by atoms with Crippen molar-refractivity contribution in [2.45, 2.75) is 50.2 Å². The number of rotatable bonds is 2. The lowest BCUT2D eigenvalue weighted by Crippen LogP contribution is -2.59. The standard InChI is InChI=1S/C13H24N2O4S/c1-10-9-20(17,18)7-6-15(10)11-4-3-5-13(14,8-11)12(16)19-2/h10-11H,3-9,14H2,1-2H3. The first-order valence-corrected chi connectivity index (χ1v) is 8.93. The molecular weight excluding hydrogens is 280 g/mol. The van der Waals surface area contributed by atoms with E-state index in [1.54, 1.807) is 0 Å². The molecule has 2 N–H and O–H groups in total. The SMILES string of the molecule is COC(=O)C1(N)CCCC(N2CCS(=O)(=O)CC2C)C1. The summed E-state index contributed by atoms with van der Waals surface area (Å²) in [4.78, 5) is 14.0. The molecule has 0 amide bonds. The minimum absolute atomic E-state index is 0.0150.